The van der Waals surface area contributed by atoms with Crippen molar-refractivity contribution >= 4 is 5.97 Å². The number of aliphatic carboxylic acids is 1. The fraction of sp³-hybridized carbons (Fsp3) is 0.875. The van der Waals surface area contributed by atoms with E-state index in [9.17, 15) is 4.79 Å². The summed E-state index contributed by atoms with van der Waals surface area (Å²) in [5, 5.41) is 8.29. The van der Waals surface area contributed by atoms with Crippen LogP contribution in [0.2, 0.25) is 0 Å². The lowest BCUT2D eigenvalue weighted by Crippen LogP contribution is -2.24. The molecule has 0 bridgehead atoms. The van der Waals surface area contributed by atoms with E-state index < -0.39 is 12.3 Å². The quantitative estimate of drug-likeness (QED) is 0.605. The van der Waals surface area contributed by atoms with Crippen LogP contribution in [0.3, 0.4) is 0 Å². The van der Waals surface area contributed by atoms with Gasteiger partial charge in [-0.2, -0.15) is 0 Å². The molecule has 0 aromatic carbocycles. The summed E-state index contributed by atoms with van der Waals surface area (Å²) >= 11 is 0. The summed E-state index contributed by atoms with van der Waals surface area (Å²) in [5.41, 5.74) is 0. The van der Waals surface area contributed by atoms with Crippen molar-refractivity contribution in [1.29, 1.82) is 0 Å². The Balaban J connectivity index is 3.48. The Hall–Kier alpha value is -0.650. The van der Waals surface area contributed by atoms with Crippen LogP contribution in [0.4, 0.5) is 0 Å². The number of carboxylic acids is 1. The summed E-state index contributed by atoms with van der Waals surface area (Å²) in [6, 6.07) is 0. The van der Waals surface area contributed by atoms with Crippen molar-refractivity contribution in [2.45, 2.75) is 33.4 Å². The van der Waals surface area contributed by atoms with Gasteiger partial charge in [0.05, 0.1) is 0 Å². The van der Waals surface area contributed by atoms with Gasteiger partial charge in [-0.25, -0.2) is 4.79 Å². The van der Waals surface area contributed by atoms with Crippen LogP contribution in [0, 0.1) is 0 Å². The number of hydrogen-bond acceptors (Lipinski definition) is 4. The van der Waals surface area contributed by atoms with Crippen LogP contribution in [-0.2, 0) is 19.0 Å². The van der Waals surface area contributed by atoms with E-state index in [-0.39, 0.29) is 12.9 Å². The van der Waals surface area contributed by atoms with Crippen molar-refractivity contribution in [2.75, 3.05) is 13.2 Å². The zero-order valence-corrected chi connectivity index (χ0v) is 8.15. The molecule has 0 fully saturated rings. The molecule has 0 saturated carbocycles. The van der Waals surface area contributed by atoms with Crippen LogP contribution in [0.25, 0.3) is 0 Å². The van der Waals surface area contributed by atoms with Crippen molar-refractivity contribution in [3.63, 3.8) is 0 Å². The Kier molecular flexibility index (Phi) is 6.48. The molecule has 0 spiro atoms. The van der Waals surface area contributed by atoms with Gasteiger partial charge in [-0.05, 0) is 20.8 Å². The minimum absolute atomic E-state index is 0.361. The van der Waals surface area contributed by atoms with Crippen molar-refractivity contribution in [3.05, 3.63) is 0 Å². The second-order valence-corrected chi connectivity index (χ2v) is 2.43. The highest BCUT2D eigenvalue weighted by molar-refractivity contribution is 5.67. The van der Waals surface area contributed by atoms with Gasteiger partial charge in [-0.15, -0.1) is 0 Å². The van der Waals surface area contributed by atoms with E-state index in [2.05, 4.69) is 0 Å². The van der Waals surface area contributed by atoms with Crippen LogP contribution in [0.15, 0.2) is 0 Å². The van der Waals surface area contributed by atoms with Gasteiger partial charge >= 0.3 is 5.97 Å². The topological polar surface area (TPSA) is 65.0 Å². The van der Waals surface area contributed by atoms with E-state index in [4.69, 9.17) is 19.3 Å². The zero-order valence-electron chi connectivity index (χ0n) is 8.15. The third kappa shape index (κ3) is 7.70. The summed E-state index contributed by atoms with van der Waals surface area (Å²) in [4.78, 5) is 10.1. The van der Waals surface area contributed by atoms with E-state index >= 15 is 0 Å². The van der Waals surface area contributed by atoms with Crippen molar-refractivity contribution < 1.29 is 24.1 Å². The highest BCUT2D eigenvalue weighted by atomic mass is 16.8. The average molecular weight is 192 g/mol. The molecule has 0 aliphatic carbocycles. The van der Waals surface area contributed by atoms with Crippen molar-refractivity contribution in [3.8, 4) is 0 Å². The number of ether oxygens (including phenoxy) is 3. The maximum absolute atomic E-state index is 10.1. The molecule has 0 rings (SSSR count). The van der Waals surface area contributed by atoms with Gasteiger partial charge in [-0.1, -0.05) is 0 Å². The molecule has 0 heterocycles. The monoisotopic (exact) mass is 192 g/mol. The fourth-order valence-corrected chi connectivity index (χ4v) is 0.772. The molecule has 0 radical (unpaired) electrons. The SMILES string of the molecule is CCOC(C)OC(C)OCC(=O)O. The molecule has 2 unspecified atom stereocenters. The average Bonchev–Trinajstić information content (AvgIpc) is 2.01. The van der Waals surface area contributed by atoms with Gasteiger partial charge in [0.25, 0.3) is 0 Å². The zero-order chi connectivity index (χ0) is 10.3. The molecule has 1 N–H and O–H groups in total. The van der Waals surface area contributed by atoms with Crippen LogP contribution in [0.1, 0.15) is 20.8 Å². The predicted molar refractivity (Wildman–Crippen MR) is 45.2 cm³/mol. The van der Waals surface area contributed by atoms with E-state index in [0.29, 0.717) is 6.61 Å². The molecular weight excluding hydrogens is 176 g/mol. The lowest BCUT2D eigenvalue weighted by atomic mass is 10.6. The standard InChI is InChI=1S/C8H16O5/c1-4-11-6(2)13-7(3)12-5-8(9)10/h6-7H,4-5H2,1-3H3,(H,9,10). The van der Waals surface area contributed by atoms with Crippen LogP contribution >= 0.6 is 0 Å². The van der Waals surface area contributed by atoms with Crippen LogP contribution < -0.4 is 0 Å². The van der Waals surface area contributed by atoms with Gasteiger partial charge in [0.15, 0.2) is 12.6 Å². The van der Waals surface area contributed by atoms with Crippen molar-refractivity contribution in [1.82, 2.24) is 0 Å². The molecular formula is C8H16O5. The van der Waals surface area contributed by atoms with Crippen LogP contribution in [0.5, 0.6) is 0 Å². The Morgan fingerprint density at radius 2 is 1.85 bits per heavy atom. The summed E-state index contributed by atoms with van der Waals surface area (Å²) in [7, 11) is 0. The number of rotatable bonds is 7. The van der Waals surface area contributed by atoms with Crippen LogP contribution in [-0.4, -0.2) is 36.9 Å². The summed E-state index contributed by atoms with van der Waals surface area (Å²) < 4.78 is 15.0. The van der Waals surface area contributed by atoms with Crippen molar-refractivity contribution in [2.24, 2.45) is 0 Å². The maximum atomic E-state index is 10.1. The molecule has 13 heavy (non-hydrogen) atoms. The molecule has 0 amide bonds. The Labute approximate surface area is 77.6 Å². The molecule has 0 aromatic heterocycles. The van der Waals surface area contributed by atoms with E-state index in [1.165, 1.54) is 0 Å². The lowest BCUT2D eigenvalue weighted by molar-refractivity contribution is -0.231. The number of carboxylic acid groups (broad SMARTS) is 1. The molecule has 0 saturated heterocycles. The van der Waals surface area contributed by atoms with E-state index in [0.717, 1.165) is 0 Å². The summed E-state index contributed by atoms with van der Waals surface area (Å²) in [6.45, 7) is 5.39. The first-order valence-electron chi connectivity index (χ1n) is 4.16. The Bertz CT molecular complexity index is 147. The van der Waals surface area contributed by atoms with Gasteiger partial charge in [0, 0.05) is 6.61 Å². The predicted octanol–water partition coefficient (Wildman–Crippen LogP) is 0.833. The fourth-order valence-electron chi connectivity index (χ4n) is 0.772. The highest BCUT2D eigenvalue weighted by Gasteiger charge is 2.09. The smallest absolute Gasteiger partial charge is 0.329 e. The second-order valence-electron chi connectivity index (χ2n) is 2.43. The minimum Gasteiger partial charge on any atom is -0.480 e. The van der Waals surface area contributed by atoms with Gasteiger partial charge < -0.3 is 19.3 Å². The molecule has 0 aromatic rings. The molecule has 0 aliphatic rings. The molecule has 5 heteroatoms. The van der Waals surface area contributed by atoms with Gasteiger partial charge in [-0.3, -0.25) is 0 Å². The second kappa shape index (κ2) is 6.82. The Morgan fingerprint density at radius 1 is 1.31 bits per heavy atom. The number of hydrogen-bond donors (Lipinski definition) is 1. The molecule has 0 aliphatic heterocycles. The Morgan fingerprint density at radius 3 is 2.31 bits per heavy atom. The normalized spacial score (nSPS) is 15.3. The largest absolute Gasteiger partial charge is 0.480 e. The first kappa shape index (κ1) is 12.3. The third-order valence-corrected chi connectivity index (χ3v) is 1.23. The summed E-state index contributed by atoms with van der Waals surface area (Å²) in [6.07, 6.45) is -0.952. The maximum Gasteiger partial charge on any atom is 0.329 e. The first-order valence-corrected chi connectivity index (χ1v) is 4.16. The number of carbonyl (C=O) groups is 1. The first-order chi connectivity index (χ1) is 6.06. The lowest BCUT2D eigenvalue weighted by Gasteiger charge is -2.18. The summed E-state index contributed by atoms with van der Waals surface area (Å²) in [5.74, 6) is -1.01. The van der Waals surface area contributed by atoms with Gasteiger partial charge in [0.1, 0.15) is 6.61 Å². The highest BCUT2D eigenvalue weighted by Crippen LogP contribution is 2.00. The molecule has 78 valence electrons. The molecule has 5 nitrogen and oxygen atoms in total. The van der Waals surface area contributed by atoms with Gasteiger partial charge in [0.2, 0.25) is 0 Å². The van der Waals surface area contributed by atoms with E-state index in [1.54, 1.807) is 13.8 Å². The third-order valence-electron chi connectivity index (χ3n) is 1.23. The molecule has 2 atom stereocenters. The minimum atomic E-state index is -1.01. The van der Waals surface area contributed by atoms with E-state index in [1.807, 2.05) is 6.92 Å².